The van der Waals surface area contributed by atoms with Crippen LogP contribution in [0.4, 0.5) is 4.79 Å². The molecule has 9 nitrogen and oxygen atoms in total. The fraction of sp³-hybridized carbons (Fsp3) is 0.600. The number of carbonyl (C=O) groups is 3. The Morgan fingerprint density at radius 1 is 1.24 bits per heavy atom. The molecule has 0 aromatic rings. The Kier molecular flexibility index (Phi) is 15.7. The average molecular weight is 406 g/mol. The molecule has 0 radical (unpaired) electrons. The monoisotopic (exact) mass is 404 g/mol. The molecule has 0 spiro atoms. The molecule has 0 aliphatic carbocycles. The van der Waals surface area contributed by atoms with Crippen molar-refractivity contribution < 1.29 is 44.1 Å². The molecular formula is C15H24N4O5Zn. The Morgan fingerprint density at radius 3 is 2.24 bits per heavy atom. The van der Waals surface area contributed by atoms with Crippen molar-refractivity contribution in [2.24, 2.45) is 10.7 Å². The third kappa shape index (κ3) is 15.3. The van der Waals surface area contributed by atoms with E-state index >= 15 is 0 Å². The van der Waals surface area contributed by atoms with Crippen LogP contribution in [0.15, 0.2) is 17.6 Å². The number of hydrogen-bond donors (Lipinski definition) is 3. The molecule has 25 heavy (non-hydrogen) atoms. The van der Waals surface area contributed by atoms with Crippen molar-refractivity contribution in [3.8, 4) is 0 Å². The molecule has 0 fully saturated rings. The number of aliphatic imine (C=N–C) groups is 1. The maximum atomic E-state index is 10.6. The first kappa shape index (κ1) is 25.3. The van der Waals surface area contributed by atoms with Crippen molar-refractivity contribution in [1.29, 1.82) is 0 Å². The van der Waals surface area contributed by atoms with Crippen LogP contribution in [0.2, 0.25) is 0 Å². The number of rotatable bonds is 10. The first-order valence-electron chi connectivity index (χ1n) is 7.79. The van der Waals surface area contributed by atoms with E-state index in [4.69, 9.17) is 0 Å². The summed E-state index contributed by atoms with van der Waals surface area (Å²) in [7, 11) is 0. The molecular weight excluding hydrogens is 382 g/mol. The van der Waals surface area contributed by atoms with Crippen molar-refractivity contribution in [2.75, 3.05) is 0 Å². The van der Waals surface area contributed by atoms with Gasteiger partial charge in [-0.15, -0.1) is 6.58 Å². The zero-order chi connectivity index (χ0) is 18.4. The number of carboxylic acids is 1. The Labute approximate surface area is 159 Å². The van der Waals surface area contributed by atoms with E-state index in [1.165, 1.54) is 19.3 Å². The van der Waals surface area contributed by atoms with Crippen LogP contribution in [-0.4, -0.2) is 30.1 Å². The molecule has 0 aromatic heterocycles. The fourth-order valence-electron chi connectivity index (χ4n) is 1.88. The van der Waals surface area contributed by atoms with Gasteiger partial charge in [0, 0.05) is 5.97 Å². The summed E-state index contributed by atoms with van der Waals surface area (Å²) in [5.41, 5.74) is 4.68. The smallest absolute Gasteiger partial charge is 0.846 e. The molecule has 0 saturated heterocycles. The van der Waals surface area contributed by atoms with Crippen LogP contribution in [0.25, 0.3) is 0 Å². The molecule has 0 bridgehead atoms. The molecule has 1 aliphatic rings. The molecule has 1 unspecified atom stereocenters. The van der Waals surface area contributed by atoms with Crippen molar-refractivity contribution in [2.45, 2.75) is 57.5 Å². The number of nitrogens with one attached hydrogen (secondary N) is 2. The third-order valence-corrected chi connectivity index (χ3v) is 3.04. The van der Waals surface area contributed by atoms with E-state index in [2.05, 4.69) is 17.3 Å². The van der Waals surface area contributed by atoms with Gasteiger partial charge in [-0.3, -0.25) is 4.79 Å². The van der Waals surface area contributed by atoms with Crippen LogP contribution >= 0.6 is 0 Å². The van der Waals surface area contributed by atoms with Gasteiger partial charge in [0.2, 0.25) is 6.17 Å². The quantitative estimate of drug-likeness (QED) is 0.238. The zero-order valence-electron chi connectivity index (χ0n) is 14.3. The number of urea groups is 1. The number of aliphatic carboxylic acids is 1. The number of nitrogens with zero attached hydrogens (tertiary/aromatic N) is 1. The van der Waals surface area contributed by atoms with Gasteiger partial charge in [-0.2, -0.15) is 0 Å². The third-order valence-electron chi connectivity index (χ3n) is 3.04. The fourth-order valence-corrected chi connectivity index (χ4v) is 1.88. The van der Waals surface area contributed by atoms with E-state index in [-0.39, 0.29) is 25.9 Å². The number of primary amides is 1. The number of hydrogen-bond acceptors (Lipinski definition) is 6. The number of allylic oxidation sites excluding steroid dienone is 1. The largest absolute Gasteiger partial charge is 2.00 e. The van der Waals surface area contributed by atoms with Crippen molar-refractivity contribution in [1.82, 2.24) is 10.6 Å². The molecule has 1 rings (SSSR count). The number of carbonyl (C=O) groups excluding carboxylic acids is 3. The summed E-state index contributed by atoms with van der Waals surface area (Å²) in [4.78, 5) is 34.0. The predicted octanol–water partition coefficient (Wildman–Crippen LogP) is -1.13. The number of carboxylic acid groups (broad SMARTS) is 1. The van der Waals surface area contributed by atoms with E-state index in [9.17, 15) is 24.6 Å². The van der Waals surface area contributed by atoms with Crippen LogP contribution in [-0.2, 0) is 29.1 Å². The predicted molar refractivity (Wildman–Crippen MR) is 84.2 cm³/mol. The summed E-state index contributed by atoms with van der Waals surface area (Å²) in [6, 6.07) is -1.67. The van der Waals surface area contributed by atoms with Gasteiger partial charge in [-0.1, -0.05) is 31.8 Å². The van der Waals surface area contributed by atoms with E-state index in [1.54, 1.807) is 0 Å². The van der Waals surface area contributed by atoms with Gasteiger partial charge < -0.3 is 31.4 Å². The van der Waals surface area contributed by atoms with Gasteiger partial charge in [0.1, 0.15) is 0 Å². The Morgan fingerprint density at radius 2 is 1.80 bits per heavy atom. The normalized spacial score (nSPS) is 15.0. The number of unbranched alkanes of at least 4 members (excludes halogenated alkanes) is 6. The van der Waals surface area contributed by atoms with Crippen LogP contribution in [0, 0.1) is 0 Å². The van der Waals surface area contributed by atoms with Crippen molar-refractivity contribution >= 4 is 23.9 Å². The molecule has 0 aromatic carbocycles. The summed E-state index contributed by atoms with van der Waals surface area (Å²) in [6.07, 6.45) is 8.67. The van der Waals surface area contributed by atoms with Gasteiger partial charge in [0.25, 0.3) is 5.91 Å². The first-order chi connectivity index (χ1) is 11.4. The summed E-state index contributed by atoms with van der Waals surface area (Å²) in [5, 5.41) is 24.2. The van der Waals surface area contributed by atoms with Crippen LogP contribution in [0.1, 0.15) is 51.4 Å². The second-order valence-electron chi connectivity index (χ2n) is 5.16. The SMILES string of the molecule is C=CCCCCCCCCC(=O)[O-].NC(=O)NC1N=C([O-])NC1=O.[Zn+2]. The molecule has 3 amide bonds. The molecule has 4 N–H and O–H groups in total. The standard InChI is InChI=1S/C11H20O2.C4H6N4O3.Zn/c1-2-3-4-5-6-7-8-9-10-11(12)13;5-3(10)6-1-2(9)8-4(11)7-1;/h2H,1,3-10H2,(H,12,13);1H,(H3,5,6,10)(H2,7,8,9,11);/q;;+2/p-2. The summed E-state index contributed by atoms with van der Waals surface area (Å²) < 4.78 is 0. The van der Waals surface area contributed by atoms with E-state index in [0.29, 0.717) is 0 Å². The Hall–Kier alpha value is -1.96. The maximum absolute atomic E-state index is 10.6. The summed E-state index contributed by atoms with van der Waals surface area (Å²) in [6.45, 7) is 3.66. The molecule has 1 heterocycles. The topological polar surface area (TPSA) is 160 Å². The van der Waals surface area contributed by atoms with Crippen molar-refractivity contribution in [3.63, 3.8) is 0 Å². The van der Waals surface area contributed by atoms with Gasteiger partial charge in [0.15, 0.2) is 0 Å². The maximum Gasteiger partial charge on any atom is 2.00 e. The van der Waals surface area contributed by atoms with Crippen LogP contribution < -0.4 is 26.6 Å². The number of nitrogens with two attached hydrogens (primary N) is 1. The average Bonchev–Trinajstić information content (AvgIpc) is 2.79. The van der Waals surface area contributed by atoms with E-state index < -0.39 is 30.1 Å². The second-order valence-corrected chi connectivity index (χ2v) is 5.16. The van der Waals surface area contributed by atoms with Gasteiger partial charge in [-0.25, -0.2) is 9.79 Å². The molecule has 1 aliphatic heterocycles. The zero-order valence-corrected chi connectivity index (χ0v) is 17.3. The van der Waals surface area contributed by atoms with Gasteiger partial charge in [0.05, 0.1) is 6.02 Å². The van der Waals surface area contributed by atoms with E-state index in [0.717, 1.165) is 25.7 Å². The molecule has 1 atom stereocenters. The molecule has 10 heteroatoms. The van der Waals surface area contributed by atoms with Crippen LogP contribution in [0.3, 0.4) is 0 Å². The van der Waals surface area contributed by atoms with E-state index in [1.807, 2.05) is 16.7 Å². The Bertz CT molecular complexity index is 471. The molecule has 136 valence electrons. The first-order valence-corrected chi connectivity index (χ1v) is 7.79. The minimum absolute atomic E-state index is 0. The summed E-state index contributed by atoms with van der Waals surface area (Å²) in [5.74, 6) is -1.60. The number of amides is 3. The minimum atomic E-state index is -1.17. The molecule has 0 saturated carbocycles. The second kappa shape index (κ2) is 15.6. The van der Waals surface area contributed by atoms with Crippen molar-refractivity contribution in [3.05, 3.63) is 12.7 Å². The Balaban J connectivity index is 0. The van der Waals surface area contributed by atoms with Crippen LogP contribution in [0.5, 0.6) is 0 Å². The summed E-state index contributed by atoms with van der Waals surface area (Å²) >= 11 is 0. The van der Waals surface area contributed by atoms with Gasteiger partial charge >= 0.3 is 25.5 Å². The minimum Gasteiger partial charge on any atom is -0.846 e. The number of amidine groups is 1. The van der Waals surface area contributed by atoms with Gasteiger partial charge in [-0.05, 0) is 25.7 Å².